The van der Waals surface area contributed by atoms with E-state index in [4.69, 9.17) is 0 Å². The van der Waals surface area contributed by atoms with Gasteiger partial charge >= 0.3 is 6.61 Å². The van der Waals surface area contributed by atoms with Crippen molar-refractivity contribution in [2.75, 3.05) is 32.4 Å². The van der Waals surface area contributed by atoms with Gasteiger partial charge in [0.1, 0.15) is 5.75 Å². The number of nitrogens with zero attached hydrogens (tertiary/aromatic N) is 2. The molecule has 2 rings (SSSR count). The van der Waals surface area contributed by atoms with Crippen molar-refractivity contribution in [1.29, 1.82) is 0 Å². The minimum Gasteiger partial charge on any atom is -0.434 e. The summed E-state index contributed by atoms with van der Waals surface area (Å²) in [5.74, 6) is 0.847. The van der Waals surface area contributed by atoms with Crippen LogP contribution in [0.4, 0.5) is 8.78 Å². The number of ether oxygens (including phenoxy) is 1. The van der Waals surface area contributed by atoms with E-state index in [9.17, 15) is 17.2 Å². The second-order valence-corrected chi connectivity index (χ2v) is 8.82. The molecule has 0 spiro atoms. The zero-order chi connectivity index (χ0) is 20.7. The van der Waals surface area contributed by atoms with Crippen LogP contribution in [0, 0.1) is 12.8 Å². The third-order valence-corrected chi connectivity index (χ3v) is 5.73. The summed E-state index contributed by atoms with van der Waals surface area (Å²) < 4.78 is 54.5. The van der Waals surface area contributed by atoms with Crippen LogP contribution in [0.3, 0.4) is 0 Å². The first-order valence-corrected chi connectivity index (χ1v) is 11.1. The van der Waals surface area contributed by atoms with Gasteiger partial charge in [0.2, 0.25) is 10.0 Å². The molecule has 7 nitrogen and oxygen atoms in total. The van der Waals surface area contributed by atoms with Crippen molar-refractivity contribution >= 4 is 16.0 Å². The van der Waals surface area contributed by atoms with Gasteiger partial charge in [-0.1, -0.05) is 17.7 Å². The molecule has 1 saturated heterocycles. The molecule has 2 N–H and O–H groups in total. The Morgan fingerprint density at radius 1 is 1.39 bits per heavy atom. The van der Waals surface area contributed by atoms with Crippen LogP contribution in [0.1, 0.15) is 24.5 Å². The van der Waals surface area contributed by atoms with Crippen LogP contribution in [-0.4, -0.2) is 57.7 Å². The van der Waals surface area contributed by atoms with Gasteiger partial charge in [-0.05, 0) is 32.3 Å². The summed E-state index contributed by atoms with van der Waals surface area (Å²) in [5, 5.41) is 6.32. The Morgan fingerprint density at radius 2 is 2.14 bits per heavy atom. The minimum atomic E-state index is -3.16. The highest BCUT2D eigenvalue weighted by molar-refractivity contribution is 7.88. The zero-order valence-corrected chi connectivity index (χ0v) is 17.2. The molecule has 1 fully saturated rings. The van der Waals surface area contributed by atoms with Crippen LogP contribution in [-0.2, 0) is 16.6 Å². The van der Waals surface area contributed by atoms with Gasteiger partial charge in [0.15, 0.2) is 5.96 Å². The summed E-state index contributed by atoms with van der Waals surface area (Å²) in [5.41, 5.74) is 1.50. The molecule has 158 valence electrons. The SMILES string of the molecule is CCNC(=NCc1cc(C)ccc1OC(F)F)NCC1CCN(S(C)(=O)=O)C1. The van der Waals surface area contributed by atoms with Crippen molar-refractivity contribution in [3.63, 3.8) is 0 Å². The summed E-state index contributed by atoms with van der Waals surface area (Å²) in [7, 11) is -3.16. The number of rotatable bonds is 8. The number of hydrogen-bond acceptors (Lipinski definition) is 4. The van der Waals surface area contributed by atoms with Crippen LogP contribution in [0.15, 0.2) is 23.2 Å². The number of guanidine groups is 1. The monoisotopic (exact) mass is 418 g/mol. The van der Waals surface area contributed by atoms with Gasteiger partial charge in [-0.3, -0.25) is 0 Å². The van der Waals surface area contributed by atoms with E-state index in [1.807, 2.05) is 13.8 Å². The number of nitrogens with one attached hydrogen (secondary N) is 2. The molecule has 0 aromatic heterocycles. The maximum absolute atomic E-state index is 12.6. The lowest BCUT2D eigenvalue weighted by Crippen LogP contribution is -2.40. The average Bonchev–Trinajstić information content (AvgIpc) is 3.08. The fourth-order valence-electron chi connectivity index (χ4n) is 3.05. The highest BCUT2D eigenvalue weighted by Crippen LogP contribution is 2.23. The van der Waals surface area contributed by atoms with E-state index in [0.29, 0.717) is 37.7 Å². The van der Waals surface area contributed by atoms with E-state index in [0.717, 1.165) is 12.0 Å². The zero-order valence-electron chi connectivity index (χ0n) is 16.4. The Labute approximate surface area is 165 Å². The van der Waals surface area contributed by atoms with E-state index in [-0.39, 0.29) is 18.2 Å². The van der Waals surface area contributed by atoms with Gasteiger partial charge in [0.05, 0.1) is 12.8 Å². The van der Waals surface area contributed by atoms with Crippen molar-refractivity contribution in [3.8, 4) is 5.75 Å². The molecule has 0 radical (unpaired) electrons. The van der Waals surface area contributed by atoms with Crippen LogP contribution in [0.25, 0.3) is 0 Å². The van der Waals surface area contributed by atoms with E-state index >= 15 is 0 Å². The lowest BCUT2D eigenvalue weighted by atomic mass is 10.1. The third-order valence-electron chi connectivity index (χ3n) is 4.46. The molecule has 0 saturated carbocycles. The highest BCUT2D eigenvalue weighted by atomic mass is 32.2. The van der Waals surface area contributed by atoms with Gasteiger partial charge in [0, 0.05) is 31.7 Å². The normalized spacial score (nSPS) is 18.5. The van der Waals surface area contributed by atoms with Crippen LogP contribution >= 0.6 is 0 Å². The fourth-order valence-corrected chi connectivity index (χ4v) is 3.97. The lowest BCUT2D eigenvalue weighted by Gasteiger charge is -2.16. The number of hydrogen-bond donors (Lipinski definition) is 2. The van der Waals surface area contributed by atoms with Crippen molar-refractivity contribution in [1.82, 2.24) is 14.9 Å². The smallest absolute Gasteiger partial charge is 0.387 e. The number of aliphatic imine (C=N–C) groups is 1. The molecule has 28 heavy (non-hydrogen) atoms. The fraction of sp³-hybridized carbons (Fsp3) is 0.611. The third kappa shape index (κ3) is 6.90. The average molecular weight is 419 g/mol. The van der Waals surface area contributed by atoms with Gasteiger partial charge in [-0.25, -0.2) is 17.7 Å². The molecule has 0 amide bonds. The van der Waals surface area contributed by atoms with Gasteiger partial charge < -0.3 is 15.4 Å². The number of benzene rings is 1. The summed E-state index contributed by atoms with van der Waals surface area (Å²) >= 11 is 0. The second kappa shape index (κ2) is 10.0. The Balaban J connectivity index is 2.00. The highest BCUT2D eigenvalue weighted by Gasteiger charge is 2.28. The molecule has 0 bridgehead atoms. The molecule has 1 atom stereocenters. The Bertz CT molecular complexity index is 787. The largest absolute Gasteiger partial charge is 0.434 e. The van der Waals surface area contributed by atoms with Gasteiger partial charge in [-0.15, -0.1) is 0 Å². The van der Waals surface area contributed by atoms with E-state index in [1.165, 1.54) is 16.6 Å². The number of alkyl halides is 2. The number of halogens is 2. The Morgan fingerprint density at radius 3 is 2.75 bits per heavy atom. The maximum atomic E-state index is 12.6. The van der Waals surface area contributed by atoms with Gasteiger partial charge in [0.25, 0.3) is 0 Å². The molecular formula is C18H28F2N4O3S. The summed E-state index contributed by atoms with van der Waals surface area (Å²) in [6.45, 7) is 3.31. The molecule has 1 aliphatic rings. The molecule has 1 heterocycles. The topological polar surface area (TPSA) is 83.0 Å². The summed E-state index contributed by atoms with van der Waals surface area (Å²) in [4.78, 5) is 4.46. The molecule has 1 aliphatic heterocycles. The minimum absolute atomic E-state index is 0.111. The van der Waals surface area contributed by atoms with Gasteiger partial charge in [-0.2, -0.15) is 8.78 Å². The molecule has 1 unspecified atom stereocenters. The Hall–Kier alpha value is -1.94. The summed E-state index contributed by atoms with van der Waals surface area (Å²) in [6, 6.07) is 5.00. The standard InChI is InChI=1S/C18H28F2N4O3S/c1-4-21-18(22-10-14-7-8-24(12-14)28(3,25)26)23-11-15-9-13(2)5-6-16(15)27-17(19)20/h5-6,9,14,17H,4,7-8,10-12H2,1-3H3,(H2,21,22,23). The molecule has 1 aromatic carbocycles. The first kappa shape index (κ1) is 22.4. The van der Waals surface area contributed by atoms with Crippen LogP contribution in [0.5, 0.6) is 5.75 Å². The van der Waals surface area contributed by atoms with E-state index in [1.54, 1.807) is 12.1 Å². The molecule has 10 heteroatoms. The first-order valence-electron chi connectivity index (χ1n) is 9.20. The van der Waals surface area contributed by atoms with Crippen molar-refractivity contribution < 1.29 is 21.9 Å². The first-order chi connectivity index (χ1) is 13.2. The molecule has 1 aromatic rings. The lowest BCUT2D eigenvalue weighted by molar-refractivity contribution is -0.0504. The predicted octanol–water partition coefficient (Wildman–Crippen LogP) is 1.93. The molecule has 0 aliphatic carbocycles. The van der Waals surface area contributed by atoms with Crippen LogP contribution < -0.4 is 15.4 Å². The quantitative estimate of drug-likeness (QED) is 0.498. The van der Waals surface area contributed by atoms with E-state index in [2.05, 4.69) is 20.4 Å². The Kier molecular flexibility index (Phi) is 7.99. The van der Waals surface area contributed by atoms with Crippen molar-refractivity contribution in [2.45, 2.75) is 33.4 Å². The summed E-state index contributed by atoms with van der Waals surface area (Å²) in [6.07, 6.45) is 2.00. The number of sulfonamides is 1. The van der Waals surface area contributed by atoms with E-state index < -0.39 is 16.6 Å². The van der Waals surface area contributed by atoms with Crippen molar-refractivity contribution in [3.05, 3.63) is 29.3 Å². The molecular weight excluding hydrogens is 390 g/mol. The predicted molar refractivity (Wildman–Crippen MR) is 105 cm³/mol. The maximum Gasteiger partial charge on any atom is 0.387 e. The second-order valence-electron chi connectivity index (χ2n) is 6.84. The van der Waals surface area contributed by atoms with Crippen LogP contribution in [0.2, 0.25) is 0 Å². The number of aryl methyl sites for hydroxylation is 1. The van der Waals surface area contributed by atoms with Crippen molar-refractivity contribution in [2.24, 2.45) is 10.9 Å².